The van der Waals surface area contributed by atoms with Crippen LogP contribution in [0.5, 0.6) is 5.75 Å². The molecule has 104 valence electrons. The molecule has 1 unspecified atom stereocenters. The quantitative estimate of drug-likeness (QED) is 0.642. The molecule has 0 aliphatic carbocycles. The Balaban J connectivity index is 2.72. The molecule has 0 saturated heterocycles. The Bertz CT molecular complexity index is 446. The highest BCUT2D eigenvalue weighted by Crippen LogP contribution is 2.18. The lowest BCUT2D eigenvalue weighted by Gasteiger charge is -2.17. The Morgan fingerprint density at radius 3 is 2.79 bits per heavy atom. The van der Waals surface area contributed by atoms with E-state index in [1.54, 1.807) is 25.2 Å². The number of phenolic OH excluding ortho intramolecular Hbond substituents is 1. The molecule has 0 aromatic heterocycles. The summed E-state index contributed by atoms with van der Waals surface area (Å²) < 4.78 is 0. The maximum absolute atomic E-state index is 12.0. The predicted molar refractivity (Wildman–Crippen MR) is 73.3 cm³/mol. The van der Waals surface area contributed by atoms with E-state index in [-0.39, 0.29) is 23.3 Å². The number of amides is 1. The first-order valence-electron chi connectivity index (χ1n) is 6.27. The van der Waals surface area contributed by atoms with Crippen LogP contribution in [0.1, 0.15) is 28.8 Å². The van der Waals surface area contributed by atoms with Crippen molar-refractivity contribution in [1.82, 2.24) is 10.6 Å². The van der Waals surface area contributed by atoms with Crippen LogP contribution in [-0.4, -0.2) is 36.9 Å². The second-order valence-electron chi connectivity index (χ2n) is 4.49. The molecular weight excluding hydrogens is 244 g/mol. The summed E-state index contributed by atoms with van der Waals surface area (Å²) in [6.07, 6.45) is 1.80. The second kappa shape index (κ2) is 7.53. The van der Waals surface area contributed by atoms with Crippen LogP contribution in [0.4, 0.5) is 0 Å². The molecular formula is C14H20N2O3. The first kappa shape index (κ1) is 15.2. The Kier molecular flexibility index (Phi) is 6.02. The van der Waals surface area contributed by atoms with Gasteiger partial charge in [0.15, 0.2) is 0 Å². The van der Waals surface area contributed by atoms with Crippen LogP contribution in [-0.2, 0) is 4.79 Å². The van der Waals surface area contributed by atoms with E-state index in [4.69, 9.17) is 0 Å². The topological polar surface area (TPSA) is 78.4 Å². The Morgan fingerprint density at radius 1 is 1.47 bits per heavy atom. The number of benzene rings is 1. The number of rotatable bonds is 7. The molecule has 1 aromatic rings. The molecule has 0 aliphatic heterocycles. The first-order valence-corrected chi connectivity index (χ1v) is 6.27. The molecule has 19 heavy (non-hydrogen) atoms. The summed E-state index contributed by atoms with van der Waals surface area (Å²) in [4.78, 5) is 22.4. The third kappa shape index (κ3) is 4.71. The van der Waals surface area contributed by atoms with Gasteiger partial charge in [-0.1, -0.05) is 6.07 Å². The van der Waals surface area contributed by atoms with Crippen LogP contribution < -0.4 is 10.6 Å². The fourth-order valence-corrected chi connectivity index (χ4v) is 1.84. The first-order chi connectivity index (χ1) is 9.08. The Labute approximate surface area is 113 Å². The Morgan fingerprint density at radius 2 is 2.21 bits per heavy atom. The summed E-state index contributed by atoms with van der Waals surface area (Å²) in [5, 5.41) is 15.5. The minimum Gasteiger partial charge on any atom is -0.507 e. The lowest BCUT2D eigenvalue weighted by Crippen LogP contribution is -2.41. The number of hydrogen-bond acceptors (Lipinski definition) is 4. The van der Waals surface area contributed by atoms with Gasteiger partial charge in [-0.15, -0.1) is 0 Å². The monoisotopic (exact) mass is 264 g/mol. The van der Waals surface area contributed by atoms with Gasteiger partial charge in [-0.3, -0.25) is 4.79 Å². The summed E-state index contributed by atoms with van der Waals surface area (Å²) in [5.74, 6) is -0.361. The summed E-state index contributed by atoms with van der Waals surface area (Å²) in [6.45, 7) is 2.42. The third-order valence-electron chi connectivity index (χ3n) is 2.82. The van der Waals surface area contributed by atoms with Gasteiger partial charge in [-0.2, -0.15) is 0 Å². The smallest absolute Gasteiger partial charge is 0.255 e. The van der Waals surface area contributed by atoms with Crippen LogP contribution in [0.3, 0.4) is 0 Å². The van der Waals surface area contributed by atoms with Gasteiger partial charge in [0.2, 0.25) is 0 Å². The van der Waals surface area contributed by atoms with Crippen molar-refractivity contribution in [3.8, 4) is 5.75 Å². The highest BCUT2D eigenvalue weighted by atomic mass is 16.3. The molecule has 5 heteroatoms. The minimum absolute atomic E-state index is 0.0314. The van der Waals surface area contributed by atoms with E-state index in [0.29, 0.717) is 19.4 Å². The van der Waals surface area contributed by atoms with Gasteiger partial charge in [-0.25, -0.2) is 0 Å². The zero-order valence-corrected chi connectivity index (χ0v) is 11.3. The molecule has 1 aromatic carbocycles. The number of aryl methyl sites for hydroxylation is 1. The van der Waals surface area contributed by atoms with E-state index >= 15 is 0 Å². The number of likely N-dealkylation sites (N-methyl/N-ethyl adjacent to an activating group) is 1. The van der Waals surface area contributed by atoms with Gasteiger partial charge < -0.3 is 20.5 Å². The summed E-state index contributed by atoms with van der Waals surface area (Å²) in [5.41, 5.74) is 1.14. The van der Waals surface area contributed by atoms with Gasteiger partial charge in [-0.05, 0) is 38.1 Å². The molecule has 0 spiro atoms. The molecule has 0 saturated carbocycles. The normalized spacial score (nSPS) is 11.9. The number of carbonyl (C=O) groups is 2. The third-order valence-corrected chi connectivity index (χ3v) is 2.82. The van der Waals surface area contributed by atoms with E-state index in [1.807, 2.05) is 6.92 Å². The maximum Gasteiger partial charge on any atom is 0.255 e. The van der Waals surface area contributed by atoms with Gasteiger partial charge in [0.25, 0.3) is 5.91 Å². The van der Waals surface area contributed by atoms with Crippen LogP contribution in [0.15, 0.2) is 18.2 Å². The molecule has 0 bridgehead atoms. The second-order valence-corrected chi connectivity index (χ2v) is 4.49. The summed E-state index contributed by atoms with van der Waals surface area (Å²) >= 11 is 0. The highest BCUT2D eigenvalue weighted by Gasteiger charge is 2.15. The van der Waals surface area contributed by atoms with E-state index in [9.17, 15) is 14.7 Å². The lowest BCUT2D eigenvalue weighted by molar-refractivity contribution is -0.108. The standard InChI is InChI=1S/C14H20N2O3/c1-10-5-6-12(13(18)8-10)14(19)16-11(9-15-2)4-3-7-17/h5-8,11,15,18H,3-4,9H2,1-2H3,(H,16,19). The van der Waals surface area contributed by atoms with Crippen molar-refractivity contribution in [1.29, 1.82) is 0 Å². The number of nitrogens with one attached hydrogen (secondary N) is 2. The average Bonchev–Trinajstić information content (AvgIpc) is 2.36. The molecule has 0 heterocycles. The van der Waals surface area contributed by atoms with E-state index in [2.05, 4.69) is 10.6 Å². The van der Waals surface area contributed by atoms with Crippen molar-refractivity contribution in [3.05, 3.63) is 29.3 Å². The van der Waals surface area contributed by atoms with Gasteiger partial charge in [0.1, 0.15) is 12.0 Å². The molecule has 5 nitrogen and oxygen atoms in total. The largest absolute Gasteiger partial charge is 0.507 e. The SMILES string of the molecule is CNCC(CCC=O)NC(=O)c1ccc(C)cc1O. The molecule has 0 fully saturated rings. The van der Waals surface area contributed by atoms with Gasteiger partial charge in [0, 0.05) is 19.0 Å². The molecule has 3 N–H and O–H groups in total. The van der Waals surface area contributed by atoms with E-state index in [0.717, 1.165) is 11.8 Å². The van der Waals surface area contributed by atoms with Crippen molar-refractivity contribution in [3.63, 3.8) is 0 Å². The number of aldehydes is 1. The molecule has 0 radical (unpaired) electrons. The minimum atomic E-state index is -0.330. The van der Waals surface area contributed by atoms with Crippen LogP contribution in [0.25, 0.3) is 0 Å². The van der Waals surface area contributed by atoms with Crippen LogP contribution in [0, 0.1) is 6.92 Å². The fourth-order valence-electron chi connectivity index (χ4n) is 1.84. The van der Waals surface area contributed by atoms with Crippen LogP contribution in [0.2, 0.25) is 0 Å². The van der Waals surface area contributed by atoms with Crippen molar-refractivity contribution in [2.75, 3.05) is 13.6 Å². The molecule has 1 rings (SSSR count). The average molecular weight is 264 g/mol. The van der Waals surface area contributed by atoms with Crippen molar-refractivity contribution in [2.45, 2.75) is 25.8 Å². The number of carbonyl (C=O) groups excluding carboxylic acids is 2. The molecule has 0 aliphatic rings. The highest BCUT2D eigenvalue weighted by molar-refractivity contribution is 5.97. The van der Waals surface area contributed by atoms with E-state index < -0.39 is 0 Å². The van der Waals surface area contributed by atoms with E-state index in [1.165, 1.54) is 0 Å². The fraction of sp³-hybridized carbons (Fsp3) is 0.429. The van der Waals surface area contributed by atoms with Crippen molar-refractivity contribution in [2.24, 2.45) is 0 Å². The van der Waals surface area contributed by atoms with Crippen molar-refractivity contribution < 1.29 is 14.7 Å². The van der Waals surface area contributed by atoms with Gasteiger partial charge in [0.05, 0.1) is 5.56 Å². The zero-order valence-electron chi connectivity index (χ0n) is 11.3. The number of phenols is 1. The maximum atomic E-state index is 12.0. The van der Waals surface area contributed by atoms with Gasteiger partial charge >= 0.3 is 0 Å². The Hall–Kier alpha value is -1.88. The van der Waals surface area contributed by atoms with Crippen LogP contribution >= 0.6 is 0 Å². The summed E-state index contributed by atoms with van der Waals surface area (Å²) in [7, 11) is 1.78. The lowest BCUT2D eigenvalue weighted by atomic mass is 10.1. The zero-order chi connectivity index (χ0) is 14.3. The number of hydrogen-bond donors (Lipinski definition) is 3. The summed E-state index contributed by atoms with van der Waals surface area (Å²) in [6, 6.07) is 4.78. The number of aromatic hydroxyl groups is 1. The predicted octanol–water partition coefficient (Wildman–Crippen LogP) is 0.998. The molecule has 1 atom stereocenters. The van der Waals surface area contributed by atoms with Crippen molar-refractivity contribution >= 4 is 12.2 Å². The molecule has 1 amide bonds.